The maximum atomic E-state index is 13.0. The number of halogens is 2. The number of nitrogens with one attached hydrogen (secondary N) is 1. The van der Waals surface area contributed by atoms with Gasteiger partial charge in [0, 0.05) is 43.7 Å². The standard InChI is InChI=1S/C16H23ClN4O3S.ClH/c17-14-3-1-2-13(10-14)15-11-19-6-9-21(15)16(22)12-4-7-20(8-5-12)25(18,23)24;/h1-3,10,12,15,19H,4-9,11H2,(H2,18,23,24);1H. The fourth-order valence-electron chi connectivity index (χ4n) is 3.57. The van der Waals surface area contributed by atoms with Crippen molar-refractivity contribution in [1.82, 2.24) is 14.5 Å². The molecule has 0 aliphatic carbocycles. The van der Waals surface area contributed by atoms with E-state index in [-0.39, 0.29) is 30.3 Å². The molecule has 7 nitrogen and oxygen atoms in total. The van der Waals surface area contributed by atoms with Crippen LogP contribution in [0.4, 0.5) is 0 Å². The van der Waals surface area contributed by atoms with E-state index in [1.807, 2.05) is 29.2 Å². The first-order valence-electron chi connectivity index (χ1n) is 8.41. The average Bonchev–Trinajstić information content (AvgIpc) is 2.60. The van der Waals surface area contributed by atoms with E-state index in [1.54, 1.807) is 0 Å². The summed E-state index contributed by atoms with van der Waals surface area (Å²) in [5, 5.41) is 9.15. The Balaban J connectivity index is 0.00000243. The summed E-state index contributed by atoms with van der Waals surface area (Å²) < 4.78 is 24.1. The molecule has 3 N–H and O–H groups in total. The molecule has 2 aliphatic rings. The van der Waals surface area contributed by atoms with Gasteiger partial charge in [0.1, 0.15) is 0 Å². The average molecular weight is 423 g/mol. The number of amides is 1. The van der Waals surface area contributed by atoms with Crippen molar-refractivity contribution in [3.05, 3.63) is 34.9 Å². The molecule has 0 aromatic heterocycles. The van der Waals surface area contributed by atoms with Crippen molar-refractivity contribution in [3.8, 4) is 0 Å². The summed E-state index contributed by atoms with van der Waals surface area (Å²) in [5.41, 5.74) is 1.01. The summed E-state index contributed by atoms with van der Waals surface area (Å²) >= 11 is 6.10. The molecular formula is C16H24Cl2N4O3S. The van der Waals surface area contributed by atoms with Crippen molar-refractivity contribution in [2.75, 3.05) is 32.7 Å². The van der Waals surface area contributed by atoms with Crippen LogP contribution in [-0.4, -0.2) is 56.3 Å². The third kappa shape index (κ3) is 4.88. The van der Waals surface area contributed by atoms with Gasteiger partial charge in [-0.3, -0.25) is 4.79 Å². The summed E-state index contributed by atoms with van der Waals surface area (Å²) in [7, 11) is -3.67. The Labute approximate surface area is 165 Å². The number of hydrogen-bond donors (Lipinski definition) is 2. The highest BCUT2D eigenvalue weighted by atomic mass is 35.5. The number of rotatable bonds is 3. The Morgan fingerprint density at radius 2 is 1.92 bits per heavy atom. The van der Waals surface area contributed by atoms with Gasteiger partial charge < -0.3 is 10.2 Å². The van der Waals surface area contributed by atoms with Crippen LogP contribution in [0.1, 0.15) is 24.4 Å². The zero-order valence-corrected chi connectivity index (χ0v) is 16.7. The van der Waals surface area contributed by atoms with Gasteiger partial charge in [-0.05, 0) is 30.5 Å². The van der Waals surface area contributed by atoms with Crippen LogP contribution in [-0.2, 0) is 15.0 Å². The molecule has 26 heavy (non-hydrogen) atoms. The molecule has 2 saturated heterocycles. The van der Waals surface area contributed by atoms with Crippen molar-refractivity contribution < 1.29 is 13.2 Å². The van der Waals surface area contributed by atoms with Gasteiger partial charge in [-0.1, -0.05) is 23.7 Å². The van der Waals surface area contributed by atoms with Crippen LogP contribution in [0.25, 0.3) is 0 Å². The van der Waals surface area contributed by atoms with Crippen molar-refractivity contribution in [3.63, 3.8) is 0 Å². The minimum absolute atomic E-state index is 0. The number of piperidine rings is 1. The Hall–Kier alpha value is -0.900. The summed E-state index contributed by atoms with van der Waals surface area (Å²) in [4.78, 5) is 14.9. The van der Waals surface area contributed by atoms with Gasteiger partial charge >= 0.3 is 0 Å². The number of carbonyl (C=O) groups excluding carboxylic acids is 1. The van der Waals surface area contributed by atoms with Crippen molar-refractivity contribution >= 4 is 40.1 Å². The number of nitrogens with zero attached hydrogens (tertiary/aromatic N) is 2. The maximum Gasteiger partial charge on any atom is 0.276 e. The molecule has 1 amide bonds. The summed E-state index contributed by atoms with van der Waals surface area (Å²) in [5.74, 6) is -0.0849. The minimum Gasteiger partial charge on any atom is -0.333 e. The molecule has 2 heterocycles. The topological polar surface area (TPSA) is 95.7 Å². The van der Waals surface area contributed by atoms with E-state index in [0.29, 0.717) is 44.0 Å². The van der Waals surface area contributed by atoms with E-state index in [2.05, 4.69) is 5.32 Å². The monoisotopic (exact) mass is 422 g/mol. The molecule has 1 aromatic carbocycles. The van der Waals surface area contributed by atoms with E-state index < -0.39 is 10.2 Å². The fourth-order valence-corrected chi connectivity index (χ4v) is 4.49. The molecule has 146 valence electrons. The molecular weight excluding hydrogens is 399 g/mol. The second-order valence-electron chi connectivity index (χ2n) is 6.52. The van der Waals surface area contributed by atoms with Crippen molar-refractivity contribution in [1.29, 1.82) is 0 Å². The van der Waals surface area contributed by atoms with Gasteiger partial charge in [-0.15, -0.1) is 12.4 Å². The third-order valence-electron chi connectivity index (χ3n) is 4.92. The lowest BCUT2D eigenvalue weighted by Gasteiger charge is -2.40. The van der Waals surface area contributed by atoms with Crippen LogP contribution in [0.2, 0.25) is 5.02 Å². The molecule has 0 saturated carbocycles. The minimum atomic E-state index is -3.67. The highest BCUT2D eigenvalue weighted by molar-refractivity contribution is 7.86. The summed E-state index contributed by atoms with van der Waals surface area (Å²) in [6.45, 7) is 2.65. The Bertz CT molecular complexity index is 739. The van der Waals surface area contributed by atoms with Crippen molar-refractivity contribution in [2.45, 2.75) is 18.9 Å². The Kier molecular flexibility index (Phi) is 7.29. The molecule has 1 aromatic rings. The number of carbonyl (C=O) groups is 1. The number of benzene rings is 1. The largest absolute Gasteiger partial charge is 0.333 e. The SMILES string of the molecule is Cl.NS(=O)(=O)N1CCC(C(=O)N2CCNCC2c2cccc(Cl)c2)CC1. The molecule has 0 bridgehead atoms. The third-order valence-corrected chi connectivity index (χ3v) is 6.24. The van der Waals surface area contributed by atoms with Gasteiger partial charge in [0.05, 0.1) is 6.04 Å². The second-order valence-corrected chi connectivity index (χ2v) is 8.51. The normalized spacial score (nSPS) is 22.7. The lowest BCUT2D eigenvalue weighted by molar-refractivity contribution is -0.140. The Morgan fingerprint density at radius 1 is 1.23 bits per heavy atom. The highest BCUT2D eigenvalue weighted by Crippen LogP contribution is 2.29. The molecule has 3 rings (SSSR count). The highest BCUT2D eigenvalue weighted by Gasteiger charge is 2.35. The molecule has 0 spiro atoms. The maximum absolute atomic E-state index is 13.0. The predicted octanol–water partition coefficient (Wildman–Crippen LogP) is 1.15. The quantitative estimate of drug-likeness (QED) is 0.763. The molecule has 1 atom stereocenters. The van der Waals surface area contributed by atoms with Crippen LogP contribution < -0.4 is 10.5 Å². The van der Waals surface area contributed by atoms with E-state index in [9.17, 15) is 13.2 Å². The van der Waals surface area contributed by atoms with Crippen LogP contribution in [0.15, 0.2) is 24.3 Å². The molecule has 2 fully saturated rings. The van der Waals surface area contributed by atoms with Gasteiger partial charge in [0.2, 0.25) is 5.91 Å². The first kappa shape index (κ1) is 21.4. The van der Waals surface area contributed by atoms with Gasteiger partial charge in [-0.2, -0.15) is 12.7 Å². The number of piperazine rings is 1. The van der Waals surface area contributed by atoms with E-state index in [4.69, 9.17) is 16.7 Å². The van der Waals surface area contributed by atoms with E-state index in [1.165, 1.54) is 4.31 Å². The molecule has 2 aliphatic heterocycles. The van der Waals surface area contributed by atoms with Gasteiger partial charge in [-0.25, -0.2) is 5.14 Å². The Morgan fingerprint density at radius 3 is 2.54 bits per heavy atom. The predicted molar refractivity (Wildman–Crippen MR) is 103 cm³/mol. The first-order valence-corrected chi connectivity index (χ1v) is 10.3. The van der Waals surface area contributed by atoms with Gasteiger partial charge in [0.15, 0.2) is 0 Å². The lowest BCUT2D eigenvalue weighted by Crippen LogP contribution is -2.52. The van der Waals surface area contributed by atoms with E-state index >= 15 is 0 Å². The second kappa shape index (κ2) is 8.86. The van der Waals surface area contributed by atoms with Gasteiger partial charge in [0.25, 0.3) is 10.2 Å². The lowest BCUT2D eigenvalue weighted by atomic mass is 9.94. The number of nitrogens with two attached hydrogens (primary N) is 1. The molecule has 0 radical (unpaired) electrons. The summed E-state index contributed by atoms with van der Waals surface area (Å²) in [6, 6.07) is 7.52. The van der Waals surface area contributed by atoms with Crippen LogP contribution in [0.3, 0.4) is 0 Å². The summed E-state index contributed by atoms with van der Waals surface area (Å²) in [6.07, 6.45) is 1.00. The van der Waals surface area contributed by atoms with E-state index in [0.717, 1.165) is 12.1 Å². The van der Waals surface area contributed by atoms with Crippen LogP contribution in [0.5, 0.6) is 0 Å². The van der Waals surface area contributed by atoms with Crippen LogP contribution >= 0.6 is 24.0 Å². The fraction of sp³-hybridized carbons (Fsp3) is 0.562. The number of hydrogen-bond acceptors (Lipinski definition) is 4. The molecule has 1 unspecified atom stereocenters. The van der Waals surface area contributed by atoms with Crippen molar-refractivity contribution in [2.24, 2.45) is 11.1 Å². The van der Waals surface area contributed by atoms with Crippen LogP contribution in [0, 0.1) is 5.92 Å². The molecule has 10 heteroatoms. The smallest absolute Gasteiger partial charge is 0.276 e. The zero-order chi connectivity index (χ0) is 18.0. The zero-order valence-electron chi connectivity index (χ0n) is 14.3. The first-order chi connectivity index (χ1) is 11.9.